The summed E-state index contributed by atoms with van der Waals surface area (Å²) in [6.45, 7) is 2.24. The van der Waals surface area contributed by atoms with Gasteiger partial charge < -0.3 is 0 Å². The highest BCUT2D eigenvalue weighted by Crippen LogP contribution is 2.35. The predicted octanol–water partition coefficient (Wildman–Crippen LogP) is 4.81. The summed E-state index contributed by atoms with van der Waals surface area (Å²) >= 11 is 0. The van der Waals surface area contributed by atoms with Crippen molar-refractivity contribution in [3.05, 3.63) is 11.1 Å². The molecule has 0 fully saturated rings. The average molecular weight is 234 g/mol. The minimum atomic E-state index is 0.463. The summed E-state index contributed by atoms with van der Waals surface area (Å²) in [6.07, 6.45) is 13.9. The van der Waals surface area contributed by atoms with Crippen molar-refractivity contribution >= 4 is 5.78 Å². The molecule has 2 aliphatic rings. The van der Waals surface area contributed by atoms with Gasteiger partial charge in [-0.3, -0.25) is 4.79 Å². The summed E-state index contributed by atoms with van der Waals surface area (Å²) < 4.78 is 0. The Hall–Kier alpha value is -0.590. The quantitative estimate of drug-likeness (QED) is 0.588. The number of hydrogen-bond acceptors (Lipinski definition) is 1. The molecule has 0 spiro atoms. The average Bonchev–Trinajstić information content (AvgIpc) is 2.54. The lowest BCUT2D eigenvalue weighted by molar-refractivity contribution is -0.115. The van der Waals surface area contributed by atoms with Crippen molar-refractivity contribution in [1.29, 1.82) is 0 Å². The highest BCUT2D eigenvalue weighted by molar-refractivity contribution is 5.99. The third-order valence-electron chi connectivity index (χ3n) is 4.43. The largest absolute Gasteiger partial charge is 0.295 e. The van der Waals surface area contributed by atoms with Gasteiger partial charge in [0.1, 0.15) is 0 Å². The molecule has 0 aromatic heterocycles. The maximum atomic E-state index is 12.0. The van der Waals surface area contributed by atoms with E-state index in [4.69, 9.17) is 0 Å². The van der Waals surface area contributed by atoms with E-state index < -0.39 is 0 Å². The van der Waals surface area contributed by atoms with Crippen LogP contribution in [0.3, 0.4) is 0 Å². The molecule has 1 nitrogen and oxygen atoms in total. The summed E-state index contributed by atoms with van der Waals surface area (Å²) in [5, 5.41) is 0. The molecule has 0 radical (unpaired) electrons. The minimum Gasteiger partial charge on any atom is -0.295 e. The lowest BCUT2D eigenvalue weighted by atomic mass is 9.93. The van der Waals surface area contributed by atoms with Crippen LogP contribution in [0, 0.1) is 5.92 Å². The van der Waals surface area contributed by atoms with Crippen molar-refractivity contribution in [3.8, 4) is 0 Å². The van der Waals surface area contributed by atoms with E-state index in [0.717, 1.165) is 12.8 Å². The first-order valence-corrected chi connectivity index (χ1v) is 7.54. The van der Waals surface area contributed by atoms with Crippen molar-refractivity contribution in [2.24, 2.45) is 5.92 Å². The van der Waals surface area contributed by atoms with Gasteiger partial charge >= 0.3 is 0 Å². The second kappa shape index (κ2) is 6.37. The van der Waals surface area contributed by atoms with Gasteiger partial charge in [0.25, 0.3) is 0 Å². The molecule has 0 amide bonds. The SMILES string of the molecule is C[C@@H]1CC(=O)C2=C1CCCCCCCCCC2. The van der Waals surface area contributed by atoms with Crippen LogP contribution in [0.4, 0.5) is 0 Å². The fourth-order valence-electron chi connectivity index (χ4n) is 3.38. The third-order valence-corrected chi connectivity index (χ3v) is 4.43. The molecule has 0 aromatic carbocycles. The molecular formula is C16H26O. The monoisotopic (exact) mass is 234 g/mol. The first-order valence-electron chi connectivity index (χ1n) is 7.54. The molecular weight excluding hydrogens is 208 g/mol. The highest BCUT2D eigenvalue weighted by Gasteiger charge is 2.27. The zero-order valence-corrected chi connectivity index (χ0v) is 11.3. The molecule has 0 N–H and O–H groups in total. The van der Waals surface area contributed by atoms with Gasteiger partial charge in [-0.1, -0.05) is 51.0 Å². The van der Waals surface area contributed by atoms with E-state index in [0.29, 0.717) is 11.7 Å². The van der Waals surface area contributed by atoms with Crippen LogP contribution in [0.15, 0.2) is 11.1 Å². The smallest absolute Gasteiger partial charge is 0.159 e. The third kappa shape index (κ3) is 3.43. The zero-order chi connectivity index (χ0) is 12.1. The van der Waals surface area contributed by atoms with Crippen LogP contribution in [0.2, 0.25) is 0 Å². The highest BCUT2D eigenvalue weighted by atomic mass is 16.1. The van der Waals surface area contributed by atoms with Crippen LogP contribution in [0.25, 0.3) is 0 Å². The van der Waals surface area contributed by atoms with Crippen molar-refractivity contribution in [3.63, 3.8) is 0 Å². The fraction of sp³-hybridized carbons (Fsp3) is 0.812. The Morgan fingerprint density at radius 3 is 2.00 bits per heavy atom. The van der Waals surface area contributed by atoms with Crippen LogP contribution in [-0.4, -0.2) is 5.78 Å². The van der Waals surface area contributed by atoms with Crippen molar-refractivity contribution in [2.45, 2.75) is 77.6 Å². The van der Waals surface area contributed by atoms with E-state index in [1.165, 1.54) is 68.9 Å². The Balaban J connectivity index is 2.03. The molecule has 0 unspecified atom stereocenters. The van der Waals surface area contributed by atoms with Crippen LogP contribution in [0.1, 0.15) is 77.6 Å². The molecule has 2 rings (SSSR count). The van der Waals surface area contributed by atoms with E-state index in [1.807, 2.05) is 0 Å². The van der Waals surface area contributed by atoms with Gasteiger partial charge in [-0.2, -0.15) is 0 Å². The number of carbonyl (C=O) groups is 1. The van der Waals surface area contributed by atoms with Gasteiger partial charge in [0.05, 0.1) is 0 Å². The van der Waals surface area contributed by atoms with Crippen LogP contribution in [0.5, 0.6) is 0 Å². The van der Waals surface area contributed by atoms with Crippen LogP contribution in [-0.2, 0) is 4.79 Å². The second-order valence-corrected chi connectivity index (χ2v) is 5.86. The first kappa shape index (κ1) is 12.9. The van der Waals surface area contributed by atoms with Gasteiger partial charge in [-0.25, -0.2) is 0 Å². The Kier molecular flexibility index (Phi) is 4.82. The molecule has 0 saturated heterocycles. The standard InChI is InChI=1S/C16H26O/c1-13-12-16(17)15-11-9-7-5-3-2-4-6-8-10-14(13)15/h13H,2-12H2,1H3/t13-/m1/s1. The first-order chi connectivity index (χ1) is 8.29. The number of Topliss-reactive ketones (excluding diaryl/α,β-unsaturated/α-hetero) is 1. The van der Waals surface area contributed by atoms with E-state index >= 15 is 0 Å². The summed E-state index contributed by atoms with van der Waals surface area (Å²) in [4.78, 5) is 12.0. The summed E-state index contributed by atoms with van der Waals surface area (Å²) in [6, 6.07) is 0. The molecule has 1 atom stereocenters. The molecule has 0 bridgehead atoms. The molecule has 1 heteroatoms. The van der Waals surface area contributed by atoms with Gasteiger partial charge in [0.15, 0.2) is 5.78 Å². The van der Waals surface area contributed by atoms with Crippen molar-refractivity contribution in [2.75, 3.05) is 0 Å². The van der Waals surface area contributed by atoms with Gasteiger partial charge in [-0.15, -0.1) is 0 Å². The summed E-state index contributed by atoms with van der Waals surface area (Å²) in [5.41, 5.74) is 2.76. The topological polar surface area (TPSA) is 17.1 Å². The lowest BCUT2D eigenvalue weighted by Gasteiger charge is -2.12. The summed E-state index contributed by atoms with van der Waals surface area (Å²) in [5.74, 6) is 1.00. The molecule has 0 heterocycles. The number of carbonyl (C=O) groups excluding carboxylic acids is 1. The van der Waals surface area contributed by atoms with Gasteiger partial charge in [0, 0.05) is 6.42 Å². The lowest BCUT2D eigenvalue weighted by Crippen LogP contribution is -1.97. The van der Waals surface area contributed by atoms with Crippen molar-refractivity contribution < 1.29 is 4.79 Å². The van der Waals surface area contributed by atoms with E-state index in [9.17, 15) is 4.79 Å². The van der Waals surface area contributed by atoms with Crippen LogP contribution < -0.4 is 0 Å². The number of rotatable bonds is 0. The molecule has 0 saturated carbocycles. The maximum Gasteiger partial charge on any atom is 0.159 e. The normalized spacial score (nSPS) is 28.5. The molecule has 0 aliphatic heterocycles. The maximum absolute atomic E-state index is 12.0. The van der Waals surface area contributed by atoms with Gasteiger partial charge in [-0.05, 0) is 37.2 Å². The summed E-state index contributed by atoms with van der Waals surface area (Å²) in [7, 11) is 0. The molecule has 0 aromatic rings. The predicted molar refractivity (Wildman–Crippen MR) is 72.0 cm³/mol. The number of allylic oxidation sites excluding steroid dienone is 2. The van der Waals surface area contributed by atoms with E-state index in [1.54, 1.807) is 0 Å². The van der Waals surface area contributed by atoms with Crippen molar-refractivity contribution in [1.82, 2.24) is 0 Å². The minimum absolute atomic E-state index is 0.463. The fourth-order valence-corrected chi connectivity index (χ4v) is 3.38. The Morgan fingerprint density at radius 2 is 1.35 bits per heavy atom. The number of ketones is 1. The van der Waals surface area contributed by atoms with E-state index in [2.05, 4.69) is 6.92 Å². The molecule has 17 heavy (non-hydrogen) atoms. The Labute approximate surface area is 106 Å². The molecule has 2 aliphatic carbocycles. The second-order valence-electron chi connectivity index (χ2n) is 5.86. The van der Waals surface area contributed by atoms with E-state index in [-0.39, 0.29) is 0 Å². The molecule has 96 valence electrons. The van der Waals surface area contributed by atoms with Crippen LogP contribution >= 0.6 is 0 Å². The van der Waals surface area contributed by atoms with Gasteiger partial charge in [0.2, 0.25) is 0 Å². The zero-order valence-electron chi connectivity index (χ0n) is 11.3. The Bertz CT molecular complexity index is 301. The Morgan fingerprint density at radius 1 is 0.824 bits per heavy atom. The number of hydrogen-bond donors (Lipinski definition) is 0.